The van der Waals surface area contributed by atoms with E-state index in [-0.39, 0.29) is 11.8 Å². The third-order valence-corrected chi connectivity index (χ3v) is 3.56. The molecule has 0 bridgehead atoms. The van der Waals surface area contributed by atoms with Crippen molar-refractivity contribution in [1.29, 1.82) is 0 Å². The Morgan fingerprint density at radius 2 is 1.95 bits per heavy atom. The highest BCUT2D eigenvalue weighted by molar-refractivity contribution is 6.04. The van der Waals surface area contributed by atoms with Crippen LogP contribution in [0, 0.1) is 5.92 Å². The number of hydrogen-bond acceptors (Lipinski definition) is 5. The van der Waals surface area contributed by atoms with Crippen molar-refractivity contribution >= 4 is 17.4 Å². The normalized spacial score (nSPS) is 20.5. The molecule has 0 spiro atoms. The number of rotatable bonds is 3. The monoisotopic (exact) mass is 286 g/mol. The quantitative estimate of drug-likeness (QED) is 0.919. The lowest BCUT2D eigenvalue weighted by Crippen LogP contribution is -2.52. The summed E-state index contributed by atoms with van der Waals surface area (Å²) in [5.41, 5.74) is 3.71. The first-order valence-electron chi connectivity index (χ1n) is 6.88. The number of hydrogen-bond donors (Lipinski definition) is 1. The number of benzene rings is 1. The van der Waals surface area contributed by atoms with E-state index < -0.39 is 6.17 Å². The molecule has 0 radical (unpaired) electrons. The van der Waals surface area contributed by atoms with Crippen molar-refractivity contribution in [3.63, 3.8) is 0 Å². The molecule has 1 aromatic carbocycles. The number of carbonyl (C=O) groups is 1. The van der Waals surface area contributed by atoms with Crippen LogP contribution in [0.4, 0.5) is 5.69 Å². The first-order chi connectivity index (χ1) is 10.1. The van der Waals surface area contributed by atoms with Crippen molar-refractivity contribution < 1.29 is 9.53 Å². The summed E-state index contributed by atoms with van der Waals surface area (Å²) in [6.45, 7) is 4.11. The van der Waals surface area contributed by atoms with Gasteiger partial charge in [0.15, 0.2) is 0 Å². The van der Waals surface area contributed by atoms with Crippen LogP contribution >= 0.6 is 0 Å². The Morgan fingerprint density at radius 3 is 2.57 bits per heavy atom. The van der Waals surface area contributed by atoms with E-state index in [9.17, 15) is 4.79 Å². The summed E-state index contributed by atoms with van der Waals surface area (Å²) < 4.78 is 5.13. The second kappa shape index (κ2) is 5.12. The minimum absolute atomic E-state index is 0.0536. The third kappa shape index (κ3) is 2.22. The summed E-state index contributed by atoms with van der Waals surface area (Å²) >= 11 is 0. The minimum atomic E-state index is -0.463. The molecular weight excluding hydrogens is 268 g/mol. The van der Waals surface area contributed by atoms with Crippen molar-refractivity contribution in [1.82, 2.24) is 10.3 Å². The molecule has 0 saturated heterocycles. The maximum absolute atomic E-state index is 12.6. The van der Waals surface area contributed by atoms with Gasteiger partial charge in [-0.3, -0.25) is 15.1 Å². The molecule has 0 fully saturated rings. The van der Waals surface area contributed by atoms with Crippen LogP contribution in [0.15, 0.2) is 41.8 Å². The summed E-state index contributed by atoms with van der Waals surface area (Å²) in [7, 11) is 1.62. The number of amidine groups is 1. The summed E-state index contributed by atoms with van der Waals surface area (Å²) in [6.07, 6.45) is 3.19. The molecular formula is C15H18N4O2. The number of anilines is 1. The Kier molecular flexibility index (Phi) is 3.29. The highest BCUT2D eigenvalue weighted by atomic mass is 16.5. The van der Waals surface area contributed by atoms with Gasteiger partial charge >= 0.3 is 0 Å². The van der Waals surface area contributed by atoms with Crippen LogP contribution < -0.4 is 15.1 Å². The molecule has 0 aromatic heterocycles. The smallest absolute Gasteiger partial charge is 0.276 e. The Morgan fingerprint density at radius 1 is 1.24 bits per heavy atom. The molecule has 2 aliphatic heterocycles. The van der Waals surface area contributed by atoms with Gasteiger partial charge in [0.25, 0.3) is 5.91 Å². The Balaban J connectivity index is 1.85. The summed E-state index contributed by atoms with van der Waals surface area (Å²) in [5, 5.41) is 4.26. The molecule has 2 heterocycles. The zero-order valence-corrected chi connectivity index (χ0v) is 12.3. The lowest BCUT2D eigenvalue weighted by atomic mass is 10.1. The van der Waals surface area contributed by atoms with Gasteiger partial charge in [0.2, 0.25) is 6.17 Å². The molecule has 0 aliphatic carbocycles. The van der Waals surface area contributed by atoms with E-state index in [1.54, 1.807) is 18.2 Å². The number of methoxy groups -OCH3 is 1. The largest absolute Gasteiger partial charge is 0.497 e. The van der Waals surface area contributed by atoms with Crippen molar-refractivity contribution in [2.24, 2.45) is 11.0 Å². The van der Waals surface area contributed by atoms with Gasteiger partial charge in [-0.05, 0) is 24.3 Å². The molecule has 110 valence electrons. The minimum Gasteiger partial charge on any atom is -0.497 e. The summed E-state index contributed by atoms with van der Waals surface area (Å²) in [4.78, 5) is 16.1. The molecule has 1 amide bonds. The molecule has 0 saturated carbocycles. The zero-order chi connectivity index (χ0) is 15.0. The Labute approximate surface area is 123 Å². The van der Waals surface area contributed by atoms with Crippen LogP contribution in [0.25, 0.3) is 0 Å². The highest BCUT2D eigenvalue weighted by Gasteiger charge is 2.38. The van der Waals surface area contributed by atoms with Crippen molar-refractivity contribution in [2.45, 2.75) is 20.0 Å². The van der Waals surface area contributed by atoms with E-state index in [4.69, 9.17) is 4.74 Å². The summed E-state index contributed by atoms with van der Waals surface area (Å²) in [6, 6.07) is 7.38. The average Bonchev–Trinajstić information content (AvgIpc) is 2.93. The van der Waals surface area contributed by atoms with Gasteiger partial charge in [-0.1, -0.05) is 13.8 Å². The number of hydrazone groups is 1. The van der Waals surface area contributed by atoms with Crippen LogP contribution in [-0.4, -0.2) is 29.9 Å². The van der Waals surface area contributed by atoms with E-state index >= 15 is 0 Å². The third-order valence-electron chi connectivity index (χ3n) is 3.56. The number of fused-ring (bicyclic) bond motifs is 1. The molecule has 6 heteroatoms. The second-order valence-electron chi connectivity index (χ2n) is 5.27. The van der Waals surface area contributed by atoms with E-state index in [0.717, 1.165) is 17.3 Å². The molecule has 6 nitrogen and oxygen atoms in total. The molecule has 3 rings (SSSR count). The number of carbonyl (C=O) groups excluding carboxylic acids is 1. The lowest BCUT2D eigenvalue weighted by molar-refractivity contribution is -0.122. The first kappa shape index (κ1) is 13.5. The van der Waals surface area contributed by atoms with Crippen LogP contribution in [0.1, 0.15) is 13.8 Å². The number of amides is 1. The van der Waals surface area contributed by atoms with E-state index in [2.05, 4.69) is 24.4 Å². The predicted octanol–water partition coefficient (Wildman–Crippen LogP) is 1.71. The van der Waals surface area contributed by atoms with Crippen LogP contribution in [0.3, 0.4) is 0 Å². The fraction of sp³-hybridized carbons (Fsp3) is 0.333. The van der Waals surface area contributed by atoms with Gasteiger partial charge < -0.3 is 9.64 Å². The maximum atomic E-state index is 12.6. The number of nitrogens with one attached hydrogen (secondary N) is 1. The second-order valence-corrected chi connectivity index (χ2v) is 5.27. The standard InChI is InChI=1S/C15H18N4O2/c1-10(2)13-16-17-14-15(20)18(8-9-19(13)14)11-4-6-12(21-3)7-5-11/h4-10,14,17H,1-3H3. The lowest BCUT2D eigenvalue weighted by Gasteiger charge is -2.32. The molecule has 21 heavy (non-hydrogen) atoms. The van der Waals surface area contributed by atoms with Gasteiger partial charge in [0.05, 0.1) is 7.11 Å². The Hall–Kier alpha value is -2.50. The molecule has 1 atom stereocenters. The molecule has 1 unspecified atom stereocenters. The first-order valence-corrected chi connectivity index (χ1v) is 6.88. The van der Waals surface area contributed by atoms with E-state index in [1.807, 2.05) is 35.4 Å². The average molecular weight is 286 g/mol. The fourth-order valence-corrected chi connectivity index (χ4v) is 2.44. The number of ether oxygens (including phenoxy) is 1. The van der Waals surface area contributed by atoms with Crippen molar-refractivity contribution in [3.8, 4) is 5.75 Å². The SMILES string of the molecule is COc1ccc(N2C=CN3C(C(C)C)=NNC3C2=O)cc1. The Bertz CT molecular complexity index is 607. The fourth-order valence-electron chi connectivity index (χ4n) is 2.44. The van der Waals surface area contributed by atoms with Gasteiger partial charge in [0.1, 0.15) is 11.6 Å². The predicted molar refractivity (Wildman–Crippen MR) is 80.7 cm³/mol. The zero-order valence-electron chi connectivity index (χ0n) is 12.3. The highest BCUT2D eigenvalue weighted by Crippen LogP contribution is 2.25. The molecule has 2 aliphatic rings. The van der Waals surface area contributed by atoms with Crippen molar-refractivity contribution in [2.75, 3.05) is 12.0 Å². The van der Waals surface area contributed by atoms with Gasteiger partial charge in [-0.25, -0.2) is 0 Å². The molecule has 1 aromatic rings. The van der Waals surface area contributed by atoms with E-state index in [1.165, 1.54) is 0 Å². The van der Waals surface area contributed by atoms with E-state index in [0.29, 0.717) is 0 Å². The number of nitrogens with zero attached hydrogens (tertiary/aromatic N) is 3. The van der Waals surface area contributed by atoms with Crippen LogP contribution in [-0.2, 0) is 4.79 Å². The summed E-state index contributed by atoms with van der Waals surface area (Å²) in [5.74, 6) is 1.84. The van der Waals surface area contributed by atoms with Gasteiger partial charge in [0, 0.05) is 24.0 Å². The van der Waals surface area contributed by atoms with Gasteiger partial charge in [-0.2, -0.15) is 5.10 Å². The topological polar surface area (TPSA) is 57.2 Å². The van der Waals surface area contributed by atoms with Gasteiger partial charge in [-0.15, -0.1) is 0 Å². The van der Waals surface area contributed by atoms with Crippen molar-refractivity contribution in [3.05, 3.63) is 36.7 Å². The molecule has 1 N–H and O–H groups in total. The maximum Gasteiger partial charge on any atom is 0.276 e. The van der Waals surface area contributed by atoms with Crippen LogP contribution in [0.5, 0.6) is 5.75 Å². The van der Waals surface area contributed by atoms with Crippen LogP contribution in [0.2, 0.25) is 0 Å².